The molecule has 2 aliphatic heterocycles. The lowest BCUT2D eigenvalue weighted by Gasteiger charge is -2.37. The largest absolute Gasteiger partial charge is 0.497 e. The molecule has 1 atom stereocenters. The third-order valence-corrected chi connectivity index (χ3v) is 7.27. The first-order valence-electron chi connectivity index (χ1n) is 12.0. The lowest BCUT2D eigenvalue weighted by molar-refractivity contribution is -0.136. The zero-order valence-corrected chi connectivity index (χ0v) is 22.5. The van der Waals surface area contributed by atoms with Gasteiger partial charge in [0, 0.05) is 30.9 Å². The van der Waals surface area contributed by atoms with E-state index in [1.54, 1.807) is 32.2 Å². The number of hydrogen-bond acceptors (Lipinski definition) is 8. The molecule has 1 unspecified atom stereocenters. The van der Waals surface area contributed by atoms with Gasteiger partial charge in [-0.3, -0.25) is 4.79 Å². The van der Waals surface area contributed by atoms with Crippen LogP contribution in [0.15, 0.2) is 75.9 Å². The predicted molar refractivity (Wildman–Crippen MR) is 144 cm³/mol. The van der Waals surface area contributed by atoms with Crippen LogP contribution < -0.4 is 9.47 Å². The number of fused-ring (bicyclic) bond motifs is 1. The van der Waals surface area contributed by atoms with Crippen LogP contribution in [0.1, 0.15) is 36.9 Å². The average Bonchev–Trinajstić information content (AvgIpc) is 3.33. The van der Waals surface area contributed by atoms with Crippen molar-refractivity contribution in [3.63, 3.8) is 0 Å². The smallest absolute Gasteiger partial charge is 0.338 e. The molecule has 0 aromatic heterocycles. The van der Waals surface area contributed by atoms with Gasteiger partial charge in [0.25, 0.3) is 0 Å². The second-order valence-corrected chi connectivity index (χ2v) is 9.46. The molecule has 0 fully saturated rings. The number of rotatable bonds is 9. The first kappa shape index (κ1) is 26.3. The van der Waals surface area contributed by atoms with Crippen molar-refractivity contribution >= 4 is 28.8 Å². The Morgan fingerprint density at radius 3 is 2.49 bits per heavy atom. The minimum atomic E-state index is -0.579. The van der Waals surface area contributed by atoms with Crippen LogP contribution in [0.2, 0.25) is 0 Å². The normalized spacial score (nSPS) is 16.6. The van der Waals surface area contributed by atoms with E-state index in [1.807, 2.05) is 59.7 Å². The number of allylic oxidation sites excluding steroid dienone is 1. The maximum absolute atomic E-state index is 13.3. The summed E-state index contributed by atoms with van der Waals surface area (Å²) < 4.78 is 16.3. The summed E-state index contributed by atoms with van der Waals surface area (Å²) in [4.78, 5) is 34.9. The molecule has 2 aromatic rings. The maximum Gasteiger partial charge on any atom is 0.338 e. The van der Waals surface area contributed by atoms with E-state index < -0.39 is 12.0 Å². The highest BCUT2D eigenvalue weighted by molar-refractivity contribution is 8.16. The molecule has 2 aromatic carbocycles. The Bertz CT molecular complexity index is 1270. The van der Waals surface area contributed by atoms with Gasteiger partial charge in [0.05, 0.1) is 45.1 Å². The van der Waals surface area contributed by atoms with Gasteiger partial charge in [0.15, 0.2) is 5.17 Å². The van der Waals surface area contributed by atoms with Gasteiger partial charge in [0.2, 0.25) is 5.91 Å². The number of benzene rings is 2. The van der Waals surface area contributed by atoms with Crippen molar-refractivity contribution in [1.29, 1.82) is 0 Å². The molecule has 0 saturated carbocycles. The SMILES string of the molecule is CCC1=C(C(=O)OC)C(c2ccc(OC)cc2OC)N2C(CC(=O)N(C)Cc3ccccc3)=CSC2=N1. The van der Waals surface area contributed by atoms with E-state index in [2.05, 4.69) is 0 Å². The summed E-state index contributed by atoms with van der Waals surface area (Å²) in [6.07, 6.45) is 0.700. The molecule has 194 valence electrons. The number of carbonyl (C=O) groups is 2. The summed E-state index contributed by atoms with van der Waals surface area (Å²) in [6, 6.07) is 14.8. The Morgan fingerprint density at radius 1 is 1.08 bits per heavy atom. The molecule has 0 bridgehead atoms. The van der Waals surface area contributed by atoms with Crippen molar-refractivity contribution < 1.29 is 23.8 Å². The molecular weight excluding hydrogens is 490 g/mol. The van der Waals surface area contributed by atoms with E-state index in [9.17, 15) is 9.59 Å². The summed E-state index contributed by atoms with van der Waals surface area (Å²) in [5.74, 6) is 0.689. The van der Waals surface area contributed by atoms with Crippen LogP contribution in [0, 0.1) is 0 Å². The molecule has 0 aliphatic carbocycles. The summed E-state index contributed by atoms with van der Waals surface area (Å²) in [5.41, 5.74) is 3.64. The summed E-state index contributed by atoms with van der Waals surface area (Å²) in [5, 5.41) is 2.64. The zero-order valence-electron chi connectivity index (χ0n) is 21.7. The van der Waals surface area contributed by atoms with E-state index in [-0.39, 0.29) is 12.3 Å². The molecule has 1 amide bonds. The molecular formula is C28H31N3O5S. The quantitative estimate of drug-likeness (QED) is 0.435. The predicted octanol–water partition coefficient (Wildman–Crippen LogP) is 4.89. The van der Waals surface area contributed by atoms with Crippen molar-refractivity contribution in [2.45, 2.75) is 32.4 Å². The van der Waals surface area contributed by atoms with Gasteiger partial charge in [-0.05, 0) is 29.5 Å². The fourth-order valence-electron chi connectivity index (χ4n) is 4.49. The molecule has 0 N–H and O–H groups in total. The number of methoxy groups -OCH3 is 3. The Kier molecular flexibility index (Phi) is 8.23. The highest BCUT2D eigenvalue weighted by atomic mass is 32.2. The molecule has 0 radical (unpaired) electrons. The first-order chi connectivity index (χ1) is 17.9. The van der Waals surface area contributed by atoms with Gasteiger partial charge in [-0.2, -0.15) is 0 Å². The maximum atomic E-state index is 13.3. The number of nitrogens with zero attached hydrogens (tertiary/aromatic N) is 3. The zero-order chi connectivity index (χ0) is 26.5. The number of thioether (sulfide) groups is 1. The van der Waals surface area contributed by atoms with Crippen molar-refractivity contribution in [2.24, 2.45) is 4.99 Å². The molecule has 9 heteroatoms. The van der Waals surface area contributed by atoms with E-state index in [0.717, 1.165) is 16.8 Å². The van der Waals surface area contributed by atoms with Crippen molar-refractivity contribution in [3.8, 4) is 11.5 Å². The Balaban J connectivity index is 1.72. The lowest BCUT2D eigenvalue weighted by atomic mass is 9.92. The van der Waals surface area contributed by atoms with Crippen molar-refractivity contribution in [3.05, 3.63) is 82.0 Å². The average molecular weight is 522 g/mol. The molecule has 8 nitrogen and oxygen atoms in total. The van der Waals surface area contributed by atoms with Gasteiger partial charge in [-0.1, -0.05) is 49.0 Å². The Hall–Kier alpha value is -3.72. The van der Waals surface area contributed by atoms with Gasteiger partial charge < -0.3 is 24.0 Å². The number of aliphatic imine (C=N–C) groups is 1. The van der Waals surface area contributed by atoms with Crippen LogP contribution >= 0.6 is 11.8 Å². The van der Waals surface area contributed by atoms with Crippen LogP contribution in [0.4, 0.5) is 0 Å². The second kappa shape index (κ2) is 11.6. The highest BCUT2D eigenvalue weighted by Crippen LogP contribution is 2.48. The Labute approximate surface area is 221 Å². The van der Waals surface area contributed by atoms with Crippen LogP contribution in [-0.4, -0.2) is 55.2 Å². The second-order valence-electron chi connectivity index (χ2n) is 8.62. The fraction of sp³-hybridized carbons (Fsp3) is 0.321. The van der Waals surface area contributed by atoms with E-state index in [4.69, 9.17) is 19.2 Å². The molecule has 37 heavy (non-hydrogen) atoms. The topological polar surface area (TPSA) is 80.7 Å². The number of esters is 1. The minimum absolute atomic E-state index is 0.0396. The fourth-order valence-corrected chi connectivity index (χ4v) is 5.42. The summed E-state index contributed by atoms with van der Waals surface area (Å²) in [6.45, 7) is 2.46. The van der Waals surface area contributed by atoms with Crippen LogP contribution in [0.3, 0.4) is 0 Å². The number of hydrogen-bond donors (Lipinski definition) is 0. The number of carbonyl (C=O) groups excluding carboxylic acids is 2. The number of ether oxygens (including phenoxy) is 3. The van der Waals surface area contributed by atoms with Crippen molar-refractivity contribution in [2.75, 3.05) is 28.4 Å². The van der Waals surface area contributed by atoms with Crippen LogP contribution in [0.25, 0.3) is 0 Å². The number of amidine groups is 1. The van der Waals surface area contributed by atoms with E-state index >= 15 is 0 Å². The van der Waals surface area contributed by atoms with Gasteiger partial charge >= 0.3 is 5.97 Å². The minimum Gasteiger partial charge on any atom is -0.497 e. The van der Waals surface area contributed by atoms with Gasteiger partial charge in [0.1, 0.15) is 11.5 Å². The standard InChI is InChI=1S/C28H31N3O5S/c1-6-22-25(27(33)36-5)26(21-13-12-20(34-3)15-23(21)35-4)31-19(17-37-28(31)29-22)14-24(32)30(2)16-18-10-8-7-9-11-18/h7-13,15,17,26H,6,14,16H2,1-5H3. The summed E-state index contributed by atoms with van der Waals surface area (Å²) in [7, 11) is 6.32. The molecule has 2 aliphatic rings. The summed E-state index contributed by atoms with van der Waals surface area (Å²) >= 11 is 1.44. The van der Waals surface area contributed by atoms with Crippen molar-refractivity contribution in [1.82, 2.24) is 9.80 Å². The molecule has 0 spiro atoms. The monoisotopic (exact) mass is 521 g/mol. The number of amides is 1. The molecule has 0 saturated heterocycles. The first-order valence-corrected chi connectivity index (χ1v) is 12.8. The van der Waals surface area contributed by atoms with Gasteiger partial charge in [-0.15, -0.1) is 0 Å². The van der Waals surface area contributed by atoms with E-state index in [0.29, 0.717) is 40.9 Å². The highest BCUT2D eigenvalue weighted by Gasteiger charge is 2.42. The van der Waals surface area contributed by atoms with Crippen LogP contribution in [-0.2, 0) is 20.9 Å². The lowest BCUT2D eigenvalue weighted by Crippen LogP contribution is -2.38. The third-order valence-electron chi connectivity index (χ3n) is 6.39. The van der Waals surface area contributed by atoms with E-state index in [1.165, 1.54) is 18.9 Å². The van der Waals surface area contributed by atoms with Gasteiger partial charge in [-0.25, -0.2) is 9.79 Å². The Morgan fingerprint density at radius 2 is 1.84 bits per heavy atom. The van der Waals surface area contributed by atoms with Crippen LogP contribution in [0.5, 0.6) is 11.5 Å². The molecule has 4 rings (SSSR count). The molecule has 2 heterocycles. The third kappa shape index (κ3) is 5.36.